The minimum Gasteiger partial charge on any atom is -0.652 e. The maximum atomic E-state index is 12.6. The number of nitrogens with zero attached hydrogens (tertiary/aromatic N) is 1. The molecule has 0 radical (unpaired) electrons. The van der Waals surface area contributed by atoms with E-state index < -0.39 is 17.9 Å². The van der Waals surface area contributed by atoms with Crippen LogP contribution in [-0.2, 0) is 17.4 Å². The first-order valence-corrected chi connectivity index (χ1v) is 8.63. The van der Waals surface area contributed by atoms with E-state index in [0.29, 0.717) is 24.2 Å². The van der Waals surface area contributed by atoms with Crippen molar-refractivity contribution in [1.82, 2.24) is 16.0 Å². The Hall–Kier alpha value is -3.07. The number of hydrogen-bond acceptors (Lipinski definition) is 4. The molecule has 1 unspecified atom stereocenters. The van der Waals surface area contributed by atoms with Gasteiger partial charge in [-0.1, -0.05) is 12.1 Å². The summed E-state index contributed by atoms with van der Waals surface area (Å²) in [5, 5.41) is 8.88. The molecule has 0 bridgehead atoms. The van der Waals surface area contributed by atoms with Crippen LogP contribution < -0.4 is 16.0 Å². The fourth-order valence-corrected chi connectivity index (χ4v) is 2.75. The normalized spacial score (nSPS) is 19.1. The molecule has 1 aliphatic heterocycles. The van der Waals surface area contributed by atoms with Gasteiger partial charge in [0.1, 0.15) is 5.82 Å². The number of halogens is 3. The molecule has 3 rings (SSSR count). The monoisotopic (exact) mass is 390 g/mol. The smallest absolute Gasteiger partial charge is 0.416 e. The zero-order valence-electron chi connectivity index (χ0n) is 14.8. The summed E-state index contributed by atoms with van der Waals surface area (Å²) in [4.78, 5) is 16.0. The van der Waals surface area contributed by atoms with Crippen LogP contribution in [-0.4, -0.2) is 18.4 Å². The van der Waals surface area contributed by atoms with Crippen molar-refractivity contribution >= 4 is 12.2 Å². The third-order valence-corrected chi connectivity index (χ3v) is 4.17. The molecule has 1 aromatic rings. The van der Waals surface area contributed by atoms with E-state index in [1.807, 2.05) is 6.08 Å². The molecule has 1 aromatic carbocycles. The quantitative estimate of drug-likeness (QED) is 0.720. The molecular weight excluding hydrogens is 371 g/mol. The maximum Gasteiger partial charge on any atom is 0.416 e. The molecule has 0 spiro atoms. The van der Waals surface area contributed by atoms with Gasteiger partial charge in [0, 0.05) is 11.4 Å². The van der Waals surface area contributed by atoms with E-state index in [-0.39, 0.29) is 12.3 Å². The average Bonchev–Trinajstić information content (AvgIpc) is 2.63. The SMILES string of the molecule is [NH-]C1C=C(NC2=CC=C(NC(=O)Cc3ccc(C(F)(F)F)cc3)CC2)NC=N1. The number of nitrogens with one attached hydrogen (secondary N) is 4. The van der Waals surface area contributed by atoms with Gasteiger partial charge in [0.25, 0.3) is 0 Å². The summed E-state index contributed by atoms with van der Waals surface area (Å²) in [7, 11) is 0. The second-order valence-electron chi connectivity index (χ2n) is 6.38. The van der Waals surface area contributed by atoms with E-state index in [0.717, 1.165) is 23.5 Å². The Bertz CT molecular complexity index is 853. The van der Waals surface area contributed by atoms with Gasteiger partial charge in [-0.05, 0) is 54.9 Å². The topological polar surface area (TPSA) is 89.3 Å². The highest BCUT2D eigenvalue weighted by atomic mass is 19.4. The Labute approximate surface area is 160 Å². The van der Waals surface area contributed by atoms with E-state index in [9.17, 15) is 18.0 Å². The van der Waals surface area contributed by atoms with Crippen molar-refractivity contribution in [2.24, 2.45) is 4.99 Å². The molecule has 9 heteroatoms. The number of allylic oxidation sites excluding steroid dienone is 4. The van der Waals surface area contributed by atoms with Gasteiger partial charge in [0.2, 0.25) is 5.91 Å². The summed E-state index contributed by atoms with van der Waals surface area (Å²) in [6.07, 6.45) is 3.00. The highest BCUT2D eigenvalue weighted by Gasteiger charge is 2.30. The largest absolute Gasteiger partial charge is 0.652 e. The molecule has 148 valence electrons. The van der Waals surface area contributed by atoms with E-state index in [4.69, 9.17) is 5.73 Å². The molecule has 4 N–H and O–H groups in total. The van der Waals surface area contributed by atoms with E-state index in [1.54, 1.807) is 12.2 Å². The molecular formula is C19H19F3N5O-. The molecule has 1 aliphatic carbocycles. The molecule has 0 saturated carbocycles. The van der Waals surface area contributed by atoms with Crippen molar-refractivity contribution in [1.29, 1.82) is 0 Å². The number of carbonyl (C=O) groups excluding carboxylic acids is 1. The van der Waals surface area contributed by atoms with Crippen molar-refractivity contribution in [2.45, 2.75) is 31.6 Å². The van der Waals surface area contributed by atoms with Crippen molar-refractivity contribution in [2.75, 3.05) is 0 Å². The van der Waals surface area contributed by atoms with Crippen LogP contribution in [0.15, 0.2) is 64.7 Å². The van der Waals surface area contributed by atoms with Crippen LogP contribution in [0.5, 0.6) is 0 Å². The molecule has 0 fully saturated rings. The van der Waals surface area contributed by atoms with Gasteiger partial charge in [-0.2, -0.15) is 13.2 Å². The second-order valence-corrected chi connectivity index (χ2v) is 6.38. The lowest BCUT2D eigenvalue weighted by atomic mass is 10.1. The Morgan fingerprint density at radius 2 is 1.86 bits per heavy atom. The number of hydrogen-bond donors (Lipinski definition) is 3. The Kier molecular flexibility index (Phi) is 5.84. The zero-order chi connectivity index (χ0) is 20.1. The lowest BCUT2D eigenvalue weighted by Gasteiger charge is -2.23. The van der Waals surface area contributed by atoms with Gasteiger partial charge >= 0.3 is 6.18 Å². The summed E-state index contributed by atoms with van der Waals surface area (Å²) in [6, 6.07) is 4.58. The third kappa shape index (κ3) is 5.46. The molecule has 1 amide bonds. The summed E-state index contributed by atoms with van der Waals surface area (Å²) in [5.41, 5.74) is 9.03. The maximum absolute atomic E-state index is 12.6. The number of benzene rings is 1. The standard InChI is InChI=1S/C19H19F3N5O/c20-19(21,22)13-3-1-12(2-4-13)9-18(28)27-15-7-5-14(6-8-15)26-17-10-16(23)24-11-25-17/h1-5,7,10-11,16,23,26H,6,8-9H2,(H,24,25)(H,27,28)/q-1. The molecule has 0 saturated heterocycles. The fourth-order valence-electron chi connectivity index (χ4n) is 2.75. The van der Waals surface area contributed by atoms with Crippen LogP contribution in [0.3, 0.4) is 0 Å². The summed E-state index contributed by atoms with van der Waals surface area (Å²) >= 11 is 0. The minimum absolute atomic E-state index is 0.00529. The van der Waals surface area contributed by atoms with Gasteiger partial charge in [-0.15, -0.1) is 0 Å². The Balaban J connectivity index is 1.52. The fraction of sp³-hybridized carbons (Fsp3) is 0.263. The third-order valence-electron chi connectivity index (χ3n) is 4.17. The average molecular weight is 390 g/mol. The number of carbonyl (C=O) groups is 1. The van der Waals surface area contributed by atoms with Crippen molar-refractivity contribution in [3.8, 4) is 0 Å². The van der Waals surface area contributed by atoms with Crippen LogP contribution >= 0.6 is 0 Å². The highest BCUT2D eigenvalue weighted by Crippen LogP contribution is 2.29. The van der Waals surface area contributed by atoms with Crippen LogP contribution in [0.4, 0.5) is 13.2 Å². The van der Waals surface area contributed by atoms with E-state index in [1.165, 1.54) is 18.5 Å². The van der Waals surface area contributed by atoms with Gasteiger partial charge in [-0.25, -0.2) is 0 Å². The van der Waals surface area contributed by atoms with Crippen molar-refractivity contribution in [3.63, 3.8) is 0 Å². The predicted octanol–water partition coefficient (Wildman–Crippen LogP) is 3.37. The number of alkyl halides is 3. The van der Waals surface area contributed by atoms with Gasteiger partial charge in [0.05, 0.1) is 18.3 Å². The van der Waals surface area contributed by atoms with E-state index >= 15 is 0 Å². The molecule has 6 nitrogen and oxygen atoms in total. The summed E-state index contributed by atoms with van der Waals surface area (Å²) < 4.78 is 37.7. The first-order chi connectivity index (χ1) is 13.3. The Morgan fingerprint density at radius 3 is 2.46 bits per heavy atom. The van der Waals surface area contributed by atoms with Gasteiger partial charge in [-0.3, -0.25) is 9.79 Å². The second kappa shape index (κ2) is 8.30. The summed E-state index contributed by atoms with van der Waals surface area (Å²) in [6.45, 7) is 0. The predicted molar refractivity (Wildman–Crippen MR) is 99.6 cm³/mol. The first-order valence-electron chi connectivity index (χ1n) is 8.63. The van der Waals surface area contributed by atoms with E-state index in [2.05, 4.69) is 20.9 Å². The van der Waals surface area contributed by atoms with Crippen LogP contribution in [0.1, 0.15) is 24.0 Å². The first kappa shape index (κ1) is 19.7. The molecule has 1 atom stereocenters. The molecule has 0 aromatic heterocycles. The number of rotatable bonds is 5. The summed E-state index contributed by atoms with van der Waals surface area (Å²) in [5.74, 6) is 0.408. The van der Waals surface area contributed by atoms with Crippen LogP contribution in [0, 0.1) is 0 Å². The minimum atomic E-state index is -4.39. The lowest BCUT2D eigenvalue weighted by molar-refractivity contribution is -0.137. The van der Waals surface area contributed by atoms with Crippen LogP contribution in [0.25, 0.3) is 5.73 Å². The Morgan fingerprint density at radius 1 is 1.18 bits per heavy atom. The molecule has 2 aliphatic rings. The van der Waals surface area contributed by atoms with Crippen molar-refractivity contribution in [3.05, 3.63) is 76.6 Å². The number of amides is 1. The van der Waals surface area contributed by atoms with Gasteiger partial charge in [0.15, 0.2) is 0 Å². The number of aliphatic imine (C=N–C) groups is 1. The lowest BCUT2D eigenvalue weighted by Crippen LogP contribution is -2.30. The van der Waals surface area contributed by atoms with Crippen LogP contribution in [0.2, 0.25) is 0 Å². The highest BCUT2D eigenvalue weighted by molar-refractivity contribution is 5.80. The zero-order valence-corrected chi connectivity index (χ0v) is 14.8. The van der Waals surface area contributed by atoms with Crippen molar-refractivity contribution < 1.29 is 18.0 Å². The van der Waals surface area contributed by atoms with Gasteiger partial charge < -0.3 is 21.7 Å². The molecule has 1 heterocycles. The molecule has 28 heavy (non-hydrogen) atoms.